The number of hydrogen-bond acceptors (Lipinski definition) is 6. The third-order valence-electron chi connectivity index (χ3n) is 2.55. The van der Waals surface area contributed by atoms with Crippen LogP contribution in [0.1, 0.15) is 27.4 Å². The van der Waals surface area contributed by atoms with Gasteiger partial charge in [0.1, 0.15) is 4.88 Å². The van der Waals surface area contributed by atoms with E-state index in [0.717, 1.165) is 24.2 Å². The molecule has 0 aliphatic heterocycles. The predicted molar refractivity (Wildman–Crippen MR) is 79.3 cm³/mol. The van der Waals surface area contributed by atoms with Crippen molar-refractivity contribution in [3.63, 3.8) is 0 Å². The minimum atomic E-state index is -0.444. The number of nitrogens with zero attached hydrogens (tertiary/aromatic N) is 1. The molecule has 0 unspecified atom stereocenters. The molecule has 20 heavy (non-hydrogen) atoms. The van der Waals surface area contributed by atoms with Crippen molar-refractivity contribution in [2.24, 2.45) is 0 Å². The van der Waals surface area contributed by atoms with Crippen LogP contribution in [0.25, 0.3) is 0 Å². The van der Waals surface area contributed by atoms with E-state index in [0.29, 0.717) is 16.4 Å². The van der Waals surface area contributed by atoms with Crippen LogP contribution in [0.15, 0.2) is 23.7 Å². The molecule has 5 nitrogen and oxygen atoms in total. The monoisotopic (exact) mass is 310 g/mol. The van der Waals surface area contributed by atoms with Gasteiger partial charge in [-0.05, 0) is 24.3 Å². The van der Waals surface area contributed by atoms with E-state index in [4.69, 9.17) is 0 Å². The van der Waals surface area contributed by atoms with Crippen molar-refractivity contribution in [1.82, 2.24) is 4.98 Å². The number of thiophene rings is 1. The summed E-state index contributed by atoms with van der Waals surface area (Å²) >= 11 is 2.80. The minimum absolute atomic E-state index is 0.0904. The van der Waals surface area contributed by atoms with Gasteiger partial charge in [-0.25, -0.2) is 9.78 Å². The Labute approximate surface area is 124 Å². The fourth-order valence-electron chi connectivity index (χ4n) is 1.59. The van der Waals surface area contributed by atoms with Gasteiger partial charge in [0.2, 0.25) is 5.91 Å². The van der Waals surface area contributed by atoms with Gasteiger partial charge in [0.25, 0.3) is 0 Å². The highest BCUT2D eigenvalue weighted by atomic mass is 32.1. The van der Waals surface area contributed by atoms with Gasteiger partial charge in [-0.2, -0.15) is 0 Å². The Bertz CT molecular complexity index is 578. The molecule has 0 fully saturated rings. The van der Waals surface area contributed by atoms with Crippen LogP contribution in [0.5, 0.6) is 0 Å². The molecule has 1 N–H and O–H groups in total. The van der Waals surface area contributed by atoms with Crippen LogP contribution in [-0.4, -0.2) is 24.0 Å². The van der Waals surface area contributed by atoms with Crippen LogP contribution in [0.3, 0.4) is 0 Å². The molecule has 2 aromatic heterocycles. The Morgan fingerprint density at radius 2 is 2.30 bits per heavy atom. The van der Waals surface area contributed by atoms with Gasteiger partial charge >= 0.3 is 5.97 Å². The van der Waals surface area contributed by atoms with E-state index >= 15 is 0 Å². The molecule has 0 aromatic carbocycles. The number of methoxy groups -OCH3 is 1. The number of anilines is 1. The minimum Gasteiger partial charge on any atom is -0.465 e. The molecular weight excluding hydrogens is 296 g/mol. The number of aromatic nitrogens is 1. The molecule has 2 rings (SSSR count). The van der Waals surface area contributed by atoms with E-state index in [1.807, 2.05) is 11.4 Å². The maximum Gasteiger partial charge on any atom is 0.349 e. The highest BCUT2D eigenvalue weighted by Gasteiger charge is 2.12. The molecule has 0 bridgehead atoms. The van der Waals surface area contributed by atoms with Crippen LogP contribution in [-0.2, 0) is 16.0 Å². The number of carbonyl (C=O) groups is 2. The van der Waals surface area contributed by atoms with E-state index in [-0.39, 0.29) is 5.91 Å². The third-order valence-corrected chi connectivity index (χ3v) is 4.37. The summed E-state index contributed by atoms with van der Waals surface area (Å²) in [4.78, 5) is 28.6. The van der Waals surface area contributed by atoms with Crippen molar-refractivity contribution in [3.05, 3.63) is 33.5 Å². The van der Waals surface area contributed by atoms with Gasteiger partial charge in [0.05, 0.1) is 13.3 Å². The summed E-state index contributed by atoms with van der Waals surface area (Å²) in [7, 11) is 1.31. The summed E-state index contributed by atoms with van der Waals surface area (Å²) in [6.45, 7) is 0. The molecule has 0 aliphatic rings. The van der Waals surface area contributed by atoms with E-state index in [1.165, 1.54) is 18.2 Å². The standard InChI is InChI=1S/C13H14N2O3S2/c1-18-12(17)10-8-14-13(20-10)15-11(16)6-2-4-9-5-3-7-19-9/h3,5,7-8H,2,4,6H2,1H3,(H,14,15,16). The zero-order valence-corrected chi connectivity index (χ0v) is 12.6. The second-order valence-corrected chi connectivity index (χ2v) is 6.07. The normalized spacial score (nSPS) is 10.2. The Balaban J connectivity index is 1.76. The number of thiazole rings is 1. The largest absolute Gasteiger partial charge is 0.465 e. The van der Waals surface area contributed by atoms with Crippen LogP contribution < -0.4 is 5.32 Å². The number of amides is 1. The summed E-state index contributed by atoms with van der Waals surface area (Å²) in [6.07, 6.45) is 3.53. The molecule has 7 heteroatoms. The number of hydrogen-bond donors (Lipinski definition) is 1. The fraction of sp³-hybridized carbons (Fsp3) is 0.308. The Morgan fingerprint density at radius 3 is 3.00 bits per heavy atom. The summed E-state index contributed by atoms with van der Waals surface area (Å²) in [6, 6.07) is 4.07. The lowest BCUT2D eigenvalue weighted by molar-refractivity contribution is -0.116. The molecule has 1 amide bonds. The SMILES string of the molecule is COC(=O)c1cnc(NC(=O)CCCc2cccs2)s1. The van der Waals surface area contributed by atoms with Crippen molar-refractivity contribution in [1.29, 1.82) is 0 Å². The molecular formula is C13H14N2O3S2. The van der Waals surface area contributed by atoms with Crippen LogP contribution in [0, 0.1) is 0 Å². The van der Waals surface area contributed by atoms with E-state index in [2.05, 4.69) is 21.1 Å². The zero-order valence-electron chi connectivity index (χ0n) is 10.9. The Kier molecular flexibility index (Phi) is 5.25. The lowest BCUT2D eigenvalue weighted by Gasteiger charge is -2.00. The second-order valence-electron chi connectivity index (χ2n) is 4.00. The molecule has 0 saturated heterocycles. The van der Waals surface area contributed by atoms with Crippen molar-refractivity contribution >= 4 is 39.7 Å². The number of carbonyl (C=O) groups excluding carboxylic acids is 2. The Hall–Kier alpha value is -1.73. The Morgan fingerprint density at radius 1 is 1.45 bits per heavy atom. The van der Waals surface area contributed by atoms with Gasteiger partial charge < -0.3 is 10.1 Å². The number of aryl methyl sites for hydroxylation is 1. The van der Waals surface area contributed by atoms with Gasteiger partial charge in [-0.1, -0.05) is 17.4 Å². The highest BCUT2D eigenvalue weighted by Crippen LogP contribution is 2.19. The third kappa shape index (κ3) is 4.14. The van der Waals surface area contributed by atoms with Crippen LogP contribution >= 0.6 is 22.7 Å². The van der Waals surface area contributed by atoms with Gasteiger partial charge in [-0.3, -0.25) is 4.79 Å². The van der Waals surface area contributed by atoms with Gasteiger partial charge in [0.15, 0.2) is 5.13 Å². The van der Waals surface area contributed by atoms with Crippen LogP contribution in [0.2, 0.25) is 0 Å². The molecule has 0 aliphatic carbocycles. The maximum atomic E-state index is 11.7. The topological polar surface area (TPSA) is 68.3 Å². The lowest BCUT2D eigenvalue weighted by Crippen LogP contribution is -2.11. The second kappa shape index (κ2) is 7.16. The van der Waals surface area contributed by atoms with Crippen LogP contribution in [0.4, 0.5) is 5.13 Å². The molecule has 0 radical (unpaired) electrons. The summed E-state index contributed by atoms with van der Waals surface area (Å²) in [5.41, 5.74) is 0. The summed E-state index contributed by atoms with van der Waals surface area (Å²) < 4.78 is 4.58. The van der Waals surface area contributed by atoms with Crippen molar-refractivity contribution in [2.75, 3.05) is 12.4 Å². The fourth-order valence-corrected chi connectivity index (χ4v) is 3.09. The molecule has 0 atom stereocenters. The maximum absolute atomic E-state index is 11.7. The first-order valence-corrected chi connectivity index (χ1v) is 7.75. The van der Waals surface area contributed by atoms with Crippen molar-refractivity contribution < 1.29 is 14.3 Å². The van der Waals surface area contributed by atoms with Crippen molar-refractivity contribution in [3.8, 4) is 0 Å². The average Bonchev–Trinajstić information content (AvgIpc) is 3.09. The molecule has 0 spiro atoms. The molecule has 2 heterocycles. The highest BCUT2D eigenvalue weighted by molar-refractivity contribution is 7.17. The number of ether oxygens (including phenoxy) is 1. The zero-order chi connectivity index (χ0) is 14.4. The predicted octanol–water partition coefficient (Wildman–Crippen LogP) is 2.95. The number of nitrogens with one attached hydrogen (secondary N) is 1. The van der Waals surface area contributed by atoms with E-state index in [1.54, 1.807) is 11.3 Å². The average molecular weight is 310 g/mol. The molecule has 106 valence electrons. The lowest BCUT2D eigenvalue weighted by atomic mass is 10.2. The summed E-state index contributed by atoms with van der Waals surface area (Å²) in [5.74, 6) is -0.534. The van der Waals surface area contributed by atoms with E-state index < -0.39 is 5.97 Å². The molecule has 0 saturated carbocycles. The van der Waals surface area contributed by atoms with Crippen molar-refractivity contribution in [2.45, 2.75) is 19.3 Å². The van der Waals surface area contributed by atoms with E-state index in [9.17, 15) is 9.59 Å². The smallest absolute Gasteiger partial charge is 0.349 e. The first-order valence-electron chi connectivity index (χ1n) is 6.05. The first kappa shape index (κ1) is 14.7. The quantitative estimate of drug-likeness (QED) is 0.833. The molecule has 2 aromatic rings. The number of rotatable bonds is 6. The first-order chi connectivity index (χ1) is 9.69. The number of esters is 1. The van der Waals surface area contributed by atoms with Gasteiger partial charge in [-0.15, -0.1) is 11.3 Å². The van der Waals surface area contributed by atoms with Gasteiger partial charge in [0, 0.05) is 11.3 Å². The summed E-state index contributed by atoms with van der Waals surface area (Å²) in [5, 5.41) is 5.14.